The number of fused-ring (bicyclic) bond motifs is 1. The Morgan fingerprint density at radius 2 is 1.55 bits per heavy atom. The molecule has 0 atom stereocenters. The molecule has 0 aliphatic carbocycles. The minimum Gasteiger partial charge on any atom is -0.317 e. The van der Waals surface area contributed by atoms with Gasteiger partial charge >= 0.3 is 0 Å². The Kier molecular flexibility index (Phi) is 15.5. The number of nitrogens with one attached hydrogen (secondary N) is 3. The van der Waals surface area contributed by atoms with E-state index in [4.69, 9.17) is 0 Å². The largest absolute Gasteiger partial charge is 0.317 e. The van der Waals surface area contributed by atoms with Crippen molar-refractivity contribution in [2.45, 2.75) is 72.8 Å². The predicted octanol–water partition coefficient (Wildman–Crippen LogP) is 6.49. The van der Waals surface area contributed by atoms with Gasteiger partial charge in [-0.25, -0.2) is 0 Å². The van der Waals surface area contributed by atoms with Gasteiger partial charge in [0, 0.05) is 6.54 Å². The number of rotatable bonds is 4. The fourth-order valence-corrected chi connectivity index (χ4v) is 3.54. The monoisotopic (exact) mass is 423 g/mol. The summed E-state index contributed by atoms with van der Waals surface area (Å²) in [6.45, 7) is 11.3. The first-order valence-corrected chi connectivity index (χ1v) is 12.3. The van der Waals surface area contributed by atoms with E-state index in [-0.39, 0.29) is 0 Å². The summed E-state index contributed by atoms with van der Waals surface area (Å²) in [7, 11) is 1.90. The lowest BCUT2D eigenvalue weighted by Crippen LogP contribution is -2.26. The van der Waals surface area contributed by atoms with E-state index in [1.165, 1.54) is 53.5 Å². The van der Waals surface area contributed by atoms with Gasteiger partial charge in [-0.2, -0.15) is 0 Å². The molecule has 31 heavy (non-hydrogen) atoms. The van der Waals surface area contributed by atoms with Crippen molar-refractivity contribution in [1.29, 1.82) is 0 Å². The molecule has 0 bridgehead atoms. The van der Waals surface area contributed by atoms with Gasteiger partial charge in [0.1, 0.15) is 0 Å². The standard InChI is InChI=1S/C23H31N3.C3H8.C2H6/c1-24-26-18-19-12-14-21(15-13-19)23-11-5-7-17-25-16-6-4-9-20-8-2-3-10-22(20)23;1-3-2;1-2/h2-3,8,10-15,24-26H,4-7,9,16-18H2,1H3;3H2,1-2H3;1-2H3/b23-11-;;. The summed E-state index contributed by atoms with van der Waals surface area (Å²) >= 11 is 0. The topological polar surface area (TPSA) is 36.1 Å². The van der Waals surface area contributed by atoms with Crippen LogP contribution in [0.3, 0.4) is 0 Å². The Bertz CT molecular complexity index is 719. The molecule has 0 saturated heterocycles. The highest BCUT2D eigenvalue weighted by atomic mass is 15.3. The Morgan fingerprint density at radius 3 is 2.26 bits per heavy atom. The van der Waals surface area contributed by atoms with Gasteiger partial charge < -0.3 is 5.32 Å². The maximum atomic E-state index is 3.57. The molecule has 0 fully saturated rings. The SMILES string of the molecule is CC.CCC.CNNCc1ccc(/C2=C/CCCNCCCCc3ccccc32)cc1. The normalized spacial score (nSPS) is 16.0. The number of hydrogen-bond acceptors (Lipinski definition) is 3. The van der Waals surface area contributed by atoms with Gasteiger partial charge in [-0.3, -0.25) is 10.9 Å². The number of aryl methyl sites for hydroxylation is 1. The summed E-state index contributed by atoms with van der Waals surface area (Å²) < 4.78 is 0. The van der Waals surface area contributed by atoms with Gasteiger partial charge in [-0.15, -0.1) is 0 Å². The maximum absolute atomic E-state index is 3.57. The van der Waals surface area contributed by atoms with E-state index in [1.807, 2.05) is 20.9 Å². The van der Waals surface area contributed by atoms with Gasteiger partial charge in [-0.1, -0.05) is 88.7 Å². The average molecular weight is 424 g/mol. The lowest BCUT2D eigenvalue weighted by molar-refractivity contribution is 0.596. The summed E-state index contributed by atoms with van der Waals surface area (Å²) in [5.41, 5.74) is 13.0. The van der Waals surface area contributed by atoms with Crippen LogP contribution in [0.2, 0.25) is 0 Å². The van der Waals surface area contributed by atoms with Crippen LogP contribution in [0.5, 0.6) is 0 Å². The van der Waals surface area contributed by atoms with Crippen LogP contribution in [0, 0.1) is 0 Å². The van der Waals surface area contributed by atoms with Gasteiger partial charge in [0.15, 0.2) is 0 Å². The van der Waals surface area contributed by atoms with Gasteiger partial charge in [0.05, 0.1) is 0 Å². The molecule has 0 radical (unpaired) electrons. The van der Waals surface area contributed by atoms with E-state index >= 15 is 0 Å². The van der Waals surface area contributed by atoms with Gasteiger partial charge in [0.25, 0.3) is 0 Å². The summed E-state index contributed by atoms with van der Waals surface area (Å²) in [4.78, 5) is 0. The zero-order valence-corrected chi connectivity index (χ0v) is 20.6. The molecule has 1 heterocycles. The fraction of sp³-hybridized carbons (Fsp3) is 0.500. The highest BCUT2D eigenvalue weighted by Gasteiger charge is 2.10. The van der Waals surface area contributed by atoms with E-state index < -0.39 is 0 Å². The molecule has 0 amide bonds. The van der Waals surface area contributed by atoms with E-state index in [2.05, 4.69) is 84.6 Å². The van der Waals surface area contributed by atoms with Crippen molar-refractivity contribution in [3.05, 3.63) is 76.9 Å². The van der Waals surface area contributed by atoms with Gasteiger partial charge in [-0.05, 0) is 80.1 Å². The smallest absolute Gasteiger partial charge is 0.0350 e. The lowest BCUT2D eigenvalue weighted by atomic mass is 9.90. The van der Waals surface area contributed by atoms with Crippen molar-refractivity contribution < 1.29 is 0 Å². The molecular weight excluding hydrogens is 378 g/mol. The lowest BCUT2D eigenvalue weighted by Gasteiger charge is -2.16. The van der Waals surface area contributed by atoms with Gasteiger partial charge in [0.2, 0.25) is 0 Å². The maximum Gasteiger partial charge on any atom is 0.0350 e. The zero-order chi connectivity index (χ0) is 22.7. The van der Waals surface area contributed by atoms with Crippen molar-refractivity contribution in [3.63, 3.8) is 0 Å². The molecule has 2 aromatic carbocycles. The molecule has 3 N–H and O–H groups in total. The van der Waals surface area contributed by atoms with Crippen molar-refractivity contribution in [2.24, 2.45) is 0 Å². The molecule has 2 aromatic rings. The molecule has 3 heteroatoms. The third-order valence-corrected chi connectivity index (χ3v) is 5.00. The zero-order valence-electron chi connectivity index (χ0n) is 20.6. The fourth-order valence-electron chi connectivity index (χ4n) is 3.54. The minimum atomic E-state index is 0.831. The van der Waals surface area contributed by atoms with E-state index in [0.717, 1.165) is 32.5 Å². The second kappa shape index (κ2) is 17.7. The van der Waals surface area contributed by atoms with Crippen LogP contribution in [0.15, 0.2) is 54.6 Å². The first-order chi connectivity index (χ1) is 15.3. The Morgan fingerprint density at radius 1 is 0.871 bits per heavy atom. The first-order valence-electron chi connectivity index (χ1n) is 12.3. The minimum absolute atomic E-state index is 0.831. The second-order valence-electron chi connectivity index (χ2n) is 7.63. The average Bonchev–Trinajstić information content (AvgIpc) is 2.81. The Labute approximate surface area is 191 Å². The molecule has 0 spiro atoms. The summed E-state index contributed by atoms with van der Waals surface area (Å²) in [5.74, 6) is 0. The van der Waals surface area contributed by atoms with Crippen LogP contribution in [-0.2, 0) is 13.0 Å². The quantitative estimate of drug-likeness (QED) is 0.492. The molecule has 172 valence electrons. The molecule has 3 rings (SSSR count). The van der Waals surface area contributed by atoms with Crippen molar-refractivity contribution in [1.82, 2.24) is 16.2 Å². The van der Waals surface area contributed by atoms with Crippen LogP contribution in [-0.4, -0.2) is 20.1 Å². The van der Waals surface area contributed by atoms with Crippen LogP contribution in [0.4, 0.5) is 0 Å². The summed E-state index contributed by atoms with van der Waals surface area (Å²) in [6, 6.07) is 17.9. The van der Waals surface area contributed by atoms with Crippen LogP contribution in [0.1, 0.15) is 82.1 Å². The van der Waals surface area contributed by atoms with E-state index in [1.54, 1.807) is 0 Å². The molecule has 0 saturated carbocycles. The molecule has 1 aliphatic rings. The third-order valence-electron chi connectivity index (χ3n) is 5.00. The Balaban J connectivity index is 0.000000884. The summed E-state index contributed by atoms with van der Waals surface area (Å²) in [6.07, 6.45) is 9.63. The van der Waals surface area contributed by atoms with Crippen LogP contribution < -0.4 is 16.2 Å². The van der Waals surface area contributed by atoms with Crippen molar-refractivity contribution in [2.75, 3.05) is 20.1 Å². The molecule has 1 aliphatic heterocycles. The highest BCUT2D eigenvalue weighted by Crippen LogP contribution is 2.28. The third kappa shape index (κ3) is 10.3. The van der Waals surface area contributed by atoms with Crippen LogP contribution in [0.25, 0.3) is 5.57 Å². The number of benzene rings is 2. The number of hydrazine groups is 1. The molecule has 0 unspecified atom stereocenters. The van der Waals surface area contributed by atoms with E-state index in [9.17, 15) is 0 Å². The highest BCUT2D eigenvalue weighted by molar-refractivity contribution is 5.81. The predicted molar refractivity (Wildman–Crippen MR) is 138 cm³/mol. The van der Waals surface area contributed by atoms with E-state index in [0.29, 0.717) is 0 Å². The Hall–Kier alpha value is -1.94. The molecule has 0 aromatic heterocycles. The molecular formula is C28H45N3. The first kappa shape index (κ1) is 27.1. The summed E-state index contributed by atoms with van der Waals surface area (Å²) in [5, 5.41) is 3.57. The number of allylic oxidation sites excluding steroid dienone is 1. The van der Waals surface area contributed by atoms with Crippen LogP contribution >= 0.6 is 0 Å². The second-order valence-corrected chi connectivity index (χ2v) is 7.63. The van der Waals surface area contributed by atoms with Crippen molar-refractivity contribution >= 4 is 5.57 Å². The molecule has 3 nitrogen and oxygen atoms in total. The van der Waals surface area contributed by atoms with Crippen molar-refractivity contribution in [3.8, 4) is 0 Å². The number of hydrogen-bond donors (Lipinski definition) is 3.